The fourth-order valence-electron chi connectivity index (χ4n) is 4.55. The third kappa shape index (κ3) is 7.98. The number of carbonyl (C=O) groups excluding carboxylic acids is 2. The Morgan fingerprint density at radius 3 is 2.44 bits per heavy atom. The van der Waals surface area contributed by atoms with E-state index in [0.29, 0.717) is 55.4 Å². The van der Waals surface area contributed by atoms with Crippen molar-refractivity contribution in [3.05, 3.63) is 71.7 Å². The second-order valence-electron chi connectivity index (χ2n) is 11.6. The van der Waals surface area contributed by atoms with Crippen molar-refractivity contribution in [3.63, 3.8) is 0 Å². The Hall–Kier alpha value is -4.26. The Morgan fingerprint density at radius 2 is 1.81 bits per heavy atom. The van der Waals surface area contributed by atoms with E-state index in [4.69, 9.17) is 4.52 Å². The van der Waals surface area contributed by atoms with Crippen molar-refractivity contribution in [2.24, 2.45) is 0 Å². The van der Waals surface area contributed by atoms with Crippen LogP contribution in [0.5, 0.6) is 0 Å². The van der Waals surface area contributed by atoms with Crippen molar-refractivity contribution in [3.8, 4) is 11.1 Å². The average molecular weight is 600 g/mol. The summed E-state index contributed by atoms with van der Waals surface area (Å²) in [5.74, 6) is -0.833. The van der Waals surface area contributed by atoms with Crippen LogP contribution in [0.25, 0.3) is 11.1 Å². The predicted molar refractivity (Wildman–Crippen MR) is 155 cm³/mol. The number of anilines is 1. The molecular formula is C30H36F3N7O3. The second-order valence-corrected chi connectivity index (χ2v) is 11.6. The lowest BCUT2D eigenvalue weighted by Crippen LogP contribution is -2.48. The van der Waals surface area contributed by atoms with E-state index >= 15 is 0 Å². The quantitative estimate of drug-likeness (QED) is 0.385. The number of nitrogens with one attached hydrogen (secondary N) is 1. The molecule has 43 heavy (non-hydrogen) atoms. The molecule has 1 aliphatic heterocycles. The predicted octanol–water partition coefficient (Wildman–Crippen LogP) is 4.14. The van der Waals surface area contributed by atoms with E-state index in [1.54, 1.807) is 29.3 Å². The molecule has 3 heterocycles. The highest BCUT2D eigenvalue weighted by atomic mass is 19.4. The molecule has 1 fully saturated rings. The monoisotopic (exact) mass is 599 g/mol. The van der Waals surface area contributed by atoms with Crippen molar-refractivity contribution < 1.29 is 27.3 Å². The minimum absolute atomic E-state index is 0.0702. The number of benzene rings is 1. The first kappa shape index (κ1) is 31.7. The number of carbonyl (C=O) groups is 2. The number of likely N-dealkylation sites (N-methyl/N-ethyl adjacent to an activating group) is 1. The summed E-state index contributed by atoms with van der Waals surface area (Å²) < 4.78 is 47.6. The molecule has 4 rings (SSSR count). The summed E-state index contributed by atoms with van der Waals surface area (Å²) in [6.45, 7) is 7.78. The van der Waals surface area contributed by atoms with Crippen LogP contribution in [0.1, 0.15) is 48.4 Å². The maximum Gasteiger partial charge on any atom is 0.416 e. The Morgan fingerprint density at radius 1 is 1.09 bits per heavy atom. The van der Waals surface area contributed by atoms with Crippen LogP contribution in [0.15, 0.2) is 53.3 Å². The SMILES string of the molecule is CN(C)C/C=C/C(=O)N1CCN(c2cnccc2-c2ccc(CNC(=O)c3nc(C(C)(C)C)no3)c(C(F)(F)F)c2)CC1. The van der Waals surface area contributed by atoms with E-state index in [0.717, 1.165) is 6.07 Å². The van der Waals surface area contributed by atoms with Gasteiger partial charge in [-0.3, -0.25) is 14.6 Å². The Bertz CT molecular complexity index is 1470. The number of aromatic nitrogens is 3. The fraction of sp³-hybridized carbons (Fsp3) is 0.433. The van der Waals surface area contributed by atoms with E-state index in [1.165, 1.54) is 12.3 Å². The third-order valence-corrected chi connectivity index (χ3v) is 6.92. The number of nitrogens with zero attached hydrogens (tertiary/aromatic N) is 6. The standard InChI is InChI=1S/C30H36F3N7O3/c1-29(2,3)28-36-27(43-37-28)26(42)35-18-21-9-8-20(17-23(21)30(31,32)33)22-10-11-34-19-24(22)39-13-15-40(16-14-39)25(41)7-6-12-38(4)5/h6-11,17,19H,12-16,18H2,1-5H3,(H,35,42)/b7-6+. The highest BCUT2D eigenvalue weighted by Gasteiger charge is 2.34. The summed E-state index contributed by atoms with van der Waals surface area (Å²) in [6, 6.07) is 5.71. The van der Waals surface area contributed by atoms with Crippen molar-refractivity contribution in [1.82, 2.24) is 30.2 Å². The Balaban J connectivity index is 1.50. The van der Waals surface area contributed by atoms with Gasteiger partial charge in [-0.1, -0.05) is 44.1 Å². The molecule has 0 unspecified atom stereocenters. The fourth-order valence-corrected chi connectivity index (χ4v) is 4.55. The van der Waals surface area contributed by atoms with Gasteiger partial charge in [0.25, 0.3) is 0 Å². The van der Waals surface area contributed by atoms with Gasteiger partial charge < -0.3 is 24.5 Å². The molecule has 1 N–H and O–H groups in total. The van der Waals surface area contributed by atoms with Crippen LogP contribution >= 0.6 is 0 Å². The maximum absolute atomic E-state index is 14.2. The normalized spacial score (nSPS) is 14.5. The lowest BCUT2D eigenvalue weighted by Gasteiger charge is -2.36. The van der Waals surface area contributed by atoms with E-state index in [-0.39, 0.29) is 23.9 Å². The third-order valence-electron chi connectivity index (χ3n) is 6.92. The summed E-state index contributed by atoms with van der Waals surface area (Å²) >= 11 is 0. The summed E-state index contributed by atoms with van der Waals surface area (Å²) in [4.78, 5) is 39.1. The number of pyridine rings is 1. The summed E-state index contributed by atoms with van der Waals surface area (Å²) in [7, 11) is 3.84. The van der Waals surface area contributed by atoms with E-state index in [2.05, 4.69) is 20.4 Å². The van der Waals surface area contributed by atoms with E-state index in [9.17, 15) is 22.8 Å². The van der Waals surface area contributed by atoms with Crippen molar-refractivity contribution in [1.29, 1.82) is 0 Å². The van der Waals surface area contributed by atoms with Crippen molar-refractivity contribution >= 4 is 17.5 Å². The van der Waals surface area contributed by atoms with Gasteiger partial charge in [0.05, 0.1) is 17.4 Å². The highest BCUT2D eigenvalue weighted by Crippen LogP contribution is 2.37. The van der Waals surface area contributed by atoms with Crippen LogP contribution in [-0.2, 0) is 22.9 Å². The van der Waals surface area contributed by atoms with Crippen LogP contribution in [0, 0.1) is 0 Å². The van der Waals surface area contributed by atoms with Crippen LogP contribution in [0.4, 0.5) is 18.9 Å². The highest BCUT2D eigenvalue weighted by molar-refractivity contribution is 5.89. The number of piperazine rings is 1. The molecule has 13 heteroatoms. The summed E-state index contributed by atoms with van der Waals surface area (Å²) in [5, 5.41) is 6.24. The lowest BCUT2D eigenvalue weighted by molar-refractivity contribution is -0.138. The minimum Gasteiger partial charge on any atom is -0.366 e. The number of alkyl halides is 3. The molecule has 0 aliphatic carbocycles. The van der Waals surface area contributed by atoms with Gasteiger partial charge in [-0.15, -0.1) is 0 Å². The first-order valence-electron chi connectivity index (χ1n) is 13.9. The molecule has 0 radical (unpaired) electrons. The molecule has 1 aromatic carbocycles. The number of rotatable bonds is 8. The van der Waals surface area contributed by atoms with Crippen LogP contribution < -0.4 is 10.2 Å². The molecule has 0 saturated carbocycles. The number of amides is 2. The lowest BCUT2D eigenvalue weighted by atomic mass is 9.96. The van der Waals surface area contributed by atoms with Gasteiger partial charge in [-0.05, 0) is 37.4 Å². The zero-order chi connectivity index (χ0) is 31.4. The number of hydrogen-bond acceptors (Lipinski definition) is 8. The average Bonchev–Trinajstić information content (AvgIpc) is 3.47. The van der Waals surface area contributed by atoms with Gasteiger partial charge in [-0.25, -0.2) is 0 Å². The maximum atomic E-state index is 14.2. The first-order valence-corrected chi connectivity index (χ1v) is 13.9. The van der Waals surface area contributed by atoms with E-state index < -0.39 is 23.1 Å². The Kier molecular flexibility index (Phi) is 9.53. The molecule has 1 saturated heterocycles. The molecular weight excluding hydrogens is 563 g/mol. The zero-order valence-electron chi connectivity index (χ0n) is 24.9. The molecule has 230 valence electrons. The van der Waals surface area contributed by atoms with Gasteiger partial charge in [0.1, 0.15) is 0 Å². The summed E-state index contributed by atoms with van der Waals surface area (Å²) in [5.41, 5.74) is 0.192. The van der Waals surface area contributed by atoms with E-state index in [1.807, 2.05) is 50.7 Å². The molecule has 10 nitrogen and oxygen atoms in total. The van der Waals surface area contributed by atoms with Crippen LogP contribution in [0.3, 0.4) is 0 Å². The largest absolute Gasteiger partial charge is 0.416 e. The summed E-state index contributed by atoms with van der Waals surface area (Å²) in [6.07, 6.45) is 1.88. The molecule has 0 atom stereocenters. The first-order chi connectivity index (χ1) is 20.2. The van der Waals surface area contributed by atoms with Gasteiger partial charge in [0.2, 0.25) is 5.91 Å². The molecule has 0 spiro atoms. The molecule has 3 aromatic rings. The molecule has 0 bridgehead atoms. The minimum atomic E-state index is -4.67. The van der Waals surface area contributed by atoms with Crippen molar-refractivity contribution in [2.75, 3.05) is 51.7 Å². The molecule has 2 aromatic heterocycles. The van der Waals surface area contributed by atoms with Gasteiger partial charge >= 0.3 is 18.0 Å². The van der Waals surface area contributed by atoms with Gasteiger partial charge in [0.15, 0.2) is 5.82 Å². The Labute approximate surface area is 248 Å². The van der Waals surface area contributed by atoms with Crippen molar-refractivity contribution in [2.45, 2.75) is 38.9 Å². The number of halogens is 3. The van der Waals surface area contributed by atoms with Gasteiger partial charge in [-0.2, -0.15) is 18.2 Å². The zero-order valence-corrected chi connectivity index (χ0v) is 24.9. The molecule has 2 amide bonds. The second kappa shape index (κ2) is 12.9. The number of hydrogen-bond donors (Lipinski definition) is 1. The van der Waals surface area contributed by atoms with Crippen LogP contribution in [-0.4, -0.2) is 83.6 Å². The van der Waals surface area contributed by atoms with Gasteiger partial charge in [0, 0.05) is 62.5 Å². The molecule has 1 aliphatic rings. The smallest absolute Gasteiger partial charge is 0.366 e. The topological polar surface area (TPSA) is 108 Å². The van der Waals surface area contributed by atoms with Crippen LogP contribution in [0.2, 0.25) is 0 Å².